The fraction of sp³-hybridized carbons (Fsp3) is 0.952. The number of hydrogen-bond acceptors (Lipinski definition) is 4. The number of cyclic esters (lactones) is 1. The van der Waals surface area contributed by atoms with Crippen LogP contribution in [0.1, 0.15) is 65.2 Å². The molecular formula is C21H32O4. The Balaban J connectivity index is 1.46. The Hall–Kier alpha value is -0.610. The zero-order valence-corrected chi connectivity index (χ0v) is 15.7. The lowest BCUT2D eigenvalue weighted by molar-refractivity contribution is -0.246. The highest BCUT2D eigenvalue weighted by atomic mass is 16.7. The van der Waals surface area contributed by atoms with Gasteiger partial charge in [-0.25, -0.2) is 0 Å². The van der Waals surface area contributed by atoms with Gasteiger partial charge in [0.1, 0.15) is 0 Å². The summed E-state index contributed by atoms with van der Waals surface area (Å²) < 4.78 is 18.0. The van der Waals surface area contributed by atoms with Crippen LogP contribution in [0.3, 0.4) is 0 Å². The van der Waals surface area contributed by atoms with Crippen LogP contribution >= 0.6 is 0 Å². The van der Waals surface area contributed by atoms with Crippen molar-refractivity contribution in [3.05, 3.63) is 0 Å². The van der Waals surface area contributed by atoms with E-state index in [1.165, 1.54) is 32.1 Å². The van der Waals surface area contributed by atoms with Crippen molar-refractivity contribution in [3.63, 3.8) is 0 Å². The van der Waals surface area contributed by atoms with E-state index in [4.69, 9.17) is 14.2 Å². The Morgan fingerprint density at radius 2 is 1.68 bits per heavy atom. The Labute approximate surface area is 151 Å². The predicted molar refractivity (Wildman–Crippen MR) is 92.7 cm³/mol. The normalized spacial score (nSPS) is 51.4. The maximum atomic E-state index is 11.9. The van der Waals surface area contributed by atoms with Gasteiger partial charge in [0.05, 0.1) is 19.8 Å². The molecule has 5 rings (SSSR count). The quantitative estimate of drug-likeness (QED) is 0.622. The van der Waals surface area contributed by atoms with E-state index in [1.807, 2.05) is 0 Å². The Morgan fingerprint density at radius 3 is 2.48 bits per heavy atom. The van der Waals surface area contributed by atoms with E-state index >= 15 is 0 Å². The van der Waals surface area contributed by atoms with Crippen molar-refractivity contribution in [2.45, 2.75) is 71.0 Å². The monoisotopic (exact) mass is 348 g/mol. The van der Waals surface area contributed by atoms with Crippen LogP contribution in [0, 0.1) is 34.5 Å². The van der Waals surface area contributed by atoms with Gasteiger partial charge in [-0.2, -0.15) is 0 Å². The molecule has 0 amide bonds. The summed E-state index contributed by atoms with van der Waals surface area (Å²) in [6, 6.07) is 0. The van der Waals surface area contributed by atoms with E-state index < -0.39 is 0 Å². The van der Waals surface area contributed by atoms with Crippen molar-refractivity contribution in [3.8, 4) is 0 Å². The van der Waals surface area contributed by atoms with E-state index in [2.05, 4.69) is 13.8 Å². The van der Waals surface area contributed by atoms with Gasteiger partial charge in [-0.3, -0.25) is 4.79 Å². The second kappa shape index (κ2) is 5.45. The summed E-state index contributed by atoms with van der Waals surface area (Å²) in [4.78, 5) is 11.9. The fourth-order valence-electron chi connectivity index (χ4n) is 7.72. The number of ether oxygens (including phenoxy) is 3. The Bertz CT molecular complexity index is 568. The van der Waals surface area contributed by atoms with Gasteiger partial charge >= 0.3 is 5.97 Å². The molecule has 2 aliphatic heterocycles. The maximum absolute atomic E-state index is 11.9. The average molecular weight is 348 g/mol. The Morgan fingerprint density at radius 1 is 0.920 bits per heavy atom. The van der Waals surface area contributed by atoms with E-state index in [0.29, 0.717) is 24.9 Å². The highest BCUT2D eigenvalue weighted by molar-refractivity contribution is 5.69. The molecule has 5 fully saturated rings. The molecule has 1 spiro atoms. The summed E-state index contributed by atoms with van der Waals surface area (Å²) in [5, 5.41) is 0. The number of rotatable bonds is 0. The van der Waals surface area contributed by atoms with Crippen LogP contribution in [0.25, 0.3) is 0 Å². The second-order valence-corrected chi connectivity index (χ2v) is 9.78. The van der Waals surface area contributed by atoms with Crippen LogP contribution in [0.15, 0.2) is 0 Å². The number of esters is 1. The van der Waals surface area contributed by atoms with Crippen molar-refractivity contribution in [2.24, 2.45) is 34.5 Å². The van der Waals surface area contributed by atoms with Gasteiger partial charge in [-0.15, -0.1) is 0 Å². The molecule has 0 radical (unpaired) electrons. The van der Waals surface area contributed by atoms with Gasteiger partial charge < -0.3 is 14.2 Å². The number of hydrogen-bond donors (Lipinski definition) is 0. The topological polar surface area (TPSA) is 44.8 Å². The second-order valence-electron chi connectivity index (χ2n) is 9.78. The van der Waals surface area contributed by atoms with Gasteiger partial charge in [0.2, 0.25) is 0 Å². The molecule has 140 valence electrons. The van der Waals surface area contributed by atoms with Crippen LogP contribution < -0.4 is 0 Å². The molecule has 25 heavy (non-hydrogen) atoms. The fourth-order valence-corrected chi connectivity index (χ4v) is 7.72. The molecule has 6 atom stereocenters. The SMILES string of the molecule is CC12CCC(=O)OCC1CCC1C2CCC2(C)C1CCC21OCCO1. The predicted octanol–water partition coefficient (Wildman–Crippen LogP) is 3.93. The molecular weight excluding hydrogens is 316 g/mol. The first-order valence-corrected chi connectivity index (χ1v) is 10.4. The van der Waals surface area contributed by atoms with Crippen molar-refractivity contribution in [2.75, 3.05) is 19.8 Å². The van der Waals surface area contributed by atoms with Gasteiger partial charge in [0.25, 0.3) is 0 Å². The standard InChI is InChI=1S/C21H32O4/c1-19-8-7-18(22)23-13-14(19)3-4-15-16(19)5-9-20(2)17(15)6-10-21(20)24-11-12-25-21/h14-17H,3-13H2,1-2H3. The zero-order chi connectivity index (χ0) is 17.3. The van der Waals surface area contributed by atoms with E-state index in [1.54, 1.807) is 0 Å². The van der Waals surface area contributed by atoms with E-state index in [9.17, 15) is 4.79 Å². The molecule has 4 heteroatoms. The smallest absolute Gasteiger partial charge is 0.305 e. The number of carbonyl (C=O) groups excluding carboxylic acids is 1. The molecule has 3 saturated carbocycles. The van der Waals surface area contributed by atoms with E-state index in [-0.39, 0.29) is 22.6 Å². The maximum Gasteiger partial charge on any atom is 0.305 e. The summed E-state index contributed by atoms with van der Waals surface area (Å²) in [5.74, 6) is 2.47. The summed E-state index contributed by atoms with van der Waals surface area (Å²) >= 11 is 0. The minimum Gasteiger partial charge on any atom is -0.465 e. The van der Waals surface area contributed by atoms with Crippen LogP contribution in [0.2, 0.25) is 0 Å². The van der Waals surface area contributed by atoms with Crippen molar-refractivity contribution >= 4 is 5.97 Å². The van der Waals surface area contributed by atoms with Crippen molar-refractivity contribution in [1.82, 2.24) is 0 Å². The molecule has 0 aromatic rings. The third-order valence-corrected chi connectivity index (χ3v) is 9.18. The van der Waals surface area contributed by atoms with Crippen LogP contribution in [0.4, 0.5) is 0 Å². The number of fused-ring (bicyclic) bond motifs is 6. The first-order valence-electron chi connectivity index (χ1n) is 10.4. The van der Waals surface area contributed by atoms with Crippen molar-refractivity contribution < 1.29 is 19.0 Å². The van der Waals surface area contributed by atoms with Crippen LogP contribution in [-0.2, 0) is 19.0 Å². The lowest BCUT2D eigenvalue weighted by atomic mass is 9.46. The summed E-state index contributed by atoms with van der Waals surface area (Å²) in [6.45, 7) is 7.08. The largest absolute Gasteiger partial charge is 0.465 e. The lowest BCUT2D eigenvalue weighted by Gasteiger charge is -2.59. The van der Waals surface area contributed by atoms with Gasteiger partial charge in [-0.05, 0) is 67.6 Å². The first kappa shape index (κ1) is 16.6. The van der Waals surface area contributed by atoms with Crippen molar-refractivity contribution in [1.29, 1.82) is 0 Å². The highest BCUT2D eigenvalue weighted by Crippen LogP contribution is 2.68. The lowest BCUT2D eigenvalue weighted by Crippen LogP contribution is -2.56. The molecule has 2 saturated heterocycles. The average Bonchev–Trinajstić information content (AvgIpc) is 3.15. The summed E-state index contributed by atoms with van der Waals surface area (Å²) in [5.41, 5.74) is 0.439. The molecule has 0 aromatic carbocycles. The van der Waals surface area contributed by atoms with Gasteiger partial charge in [0.15, 0.2) is 5.79 Å². The zero-order valence-electron chi connectivity index (χ0n) is 15.7. The van der Waals surface area contributed by atoms with Gasteiger partial charge in [0, 0.05) is 18.3 Å². The Kier molecular flexibility index (Phi) is 3.61. The molecule has 0 aromatic heterocycles. The molecule has 0 N–H and O–H groups in total. The molecule has 5 aliphatic rings. The molecule has 4 nitrogen and oxygen atoms in total. The molecule has 2 heterocycles. The van der Waals surface area contributed by atoms with Gasteiger partial charge in [-0.1, -0.05) is 13.8 Å². The first-order chi connectivity index (χ1) is 12.0. The molecule has 3 aliphatic carbocycles. The third-order valence-electron chi connectivity index (χ3n) is 9.18. The summed E-state index contributed by atoms with van der Waals surface area (Å²) in [7, 11) is 0. The van der Waals surface area contributed by atoms with Crippen LogP contribution in [-0.4, -0.2) is 31.6 Å². The minimum absolute atomic E-state index is 0.0143. The minimum atomic E-state index is -0.303. The highest BCUT2D eigenvalue weighted by Gasteiger charge is 2.67. The summed E-state index contributed by atoms with van der Waals surface area (Å²) in [6.07, 6.45) is 8.90. The van der Waals surface area contributed by atoms with E-state index in [0.717, 1.165) is 37.9 Å². The van der Waals surface area contributed by atoms with Crippen LogP contribution in [0.5, 0.6) is 0 Å². The molecule has 6 unspecified atom stereocenters. The third kappa shape index (κ3) is 2.10. The number of carbonyl (C=O) groups is 1. The molecule has 0 bridgehead atoms.